The standard InChI is InChI=1S/C13H15NO3/c1-3-7-11(15)14-12(13(16)17-2)10-8-5-4-6-9-10/h3-6,8-9,12H,1,7H2,2H3,(H,14,15). The van der Waals surface area contributed by atoms with Gasteiger partial charge in [0.05, 0.1) is 7.11 Å². The third-order valence-electron chi connectivity index (χ3n) is 2.20. The van der Waals surface area contributed by atoms with Crippen LogP contribution in [0.15, 0.2) is 43.0 Å². The average Bonchev–Trinajstić information content (AvgIpc) is 2.36. The molecule has 0 saturated carbocycles. The highest BCUT2D eigenvalue weighted by Crippen LogP contribution is 2.14. The van der Waals surface area contributed by atoms with E-state index in [-0.39, 0.29) is 12.3 Å². The molecule has 1 aromatic rings. The highest BCUT2D eigenvalue weighted by atomic mass is 16.5. The summed E-state index contributed by atoms with van der Waals surface area (Å²) in [4.78, 5) is 23.0. The molecule has 0 bridgehead atoms. The van der Waals surface area contributed by atoms with Crippen molar-refractivity contribution in [2.24, 2.45) is 0 Å². The van der Waals surface area contributed by atoms with Crippen LogP contribution in [0.4, 0.5) is 0 Å². The molecule has 1 atom stereocenters. The molecule has 0 aliphatic carbocycles. The molecule has 0 aliphatic heterocycles. The number of carbonyl (C=O) groups is 2. The maximum absolute atomic E-state index is 11.6. The normalized spacial score (nSPS) is 11.4. The summed E-state index contributed by atoms with van der Waals surface area (Å²) >= 11 is 0. The Kier molecular flexibility index (Phi) is 4.94. The van der Waals surface area contributed by atoms with Gasteiger partial charge in [-0.15, -0.1) is 6.58 Å². The fraction of sp³-hybridized carbons (Fsp3) is 0.231. The number of hydrogen-bond acceptors (Lipinski definition) is 3. The van der Waals surface area contributed by atoms with Gasteiger partial charge in [-0.3, -0.25) is 4.79 Å². The van der Waals surface area contributed by atoms with Crippen LogP contribution in [-0.2, 0) is 14.3 Å². The minimum atomic E-state index is -0.770. The third-order valence-corrected chi connectivity index (χ3v) is 2.20. The van der Waals surface area contributed by atoms with Gasteiger partial charge in [0.2, 0.25) is 5.91 Å². The SMILES string of the molecule is C=CCC(=O)NC(C(=O)OC)c1ccccc1. The summed E-state index contributed by atoms with van der Waals surface area (Å²) in [5, 5.41) is 2.60. The molecule has 0 radical (unpaired) electrons. The molecule has 0 spiro atoms. The Bertz CT molecular complexity index is 400. The van der Waals surface area contributed by atoms with Crippen molar-refractivity contribution >= 4 is 11.9 Å². The lowest BCUT2D eigenvalue weighted by Crippen LogP contribution is -2.34. The predicted octanol–water partition coefficient (Wildman–Crippen LogP) is 1.59. The Balaban J connectivity index is 2.85. The van der Waals surface area contributed by atoms with E-state index in [9.17, 15) is 9.59 Å². The fourth-order valence-corrected chi connectivity index (χ4v) is 1.39. The number of methoxy groups -OCH3 is 1. The summed E-state index contributed by atoms with van der Waals surface area (Å²) in [7, 11) is 1.29. The highest BCUT2D eigenvalue weighted by Gasteiger charge is 2.22. The molecule has 4 heteroatoms. The maximum Gasteiger partial charge on any atom is 0.333 e. The Morgan fingerprint density at radius 3 is 2.59 bits per heavy atom. The van der Waals surface area contributed by atoms with Crippen molar-refractivity contribution in [3.8, 4) is 0 Å². The first-order chi connectivity index (χ1) is 8.19. The first kappa shape index (κ1) is 13.0. The molecule has 17 heavy (non-hydrogen) atoms. The van der Waals surface area contributed by atoms with Crippen LogP contribution in [0, 0.1) is 0 Å². The topological polar surface area (TPSA) is 55.4 Å². The zero-order valence-corrected chi connectivity index (χ0v) is 9.68. The molecule has 1 N–H and O–H groups in total. The third kappa shape index (κ3) is 3.75. The van der Waals surface area contributed by atoms with Gasteiger partial charge < -0.3 is 10.1 Å². The van der Waals surface area contributed by atoms with Crippen LogP contribution in [-0.4, -0.2) is 19.0 Å². The van der Waals surface area contributed by atoms with Crippen LogP contribution < -0.4 is 5.32 Å². The van der Waals surface area contributed by atoms with E-state index in [1.807, 2.05) is 6.07 Å². The van der Waals surface area contributed by atoms with E-state index in [1.165, 1.54) is 13.2 Å². The second kappa shape index (κ2) is 6.48. The summed E-state index contributed by atoms with van der Waals surface area (Å²) in [6, 6.07) is 8.18. The number of amides is 1. The average molecular weight is 233 g/mol. The number of esters is 1. The van der Waals surface area contributed by atoms with Crippen LogP contribution in [0.3, 0.4) is 0 Å². The van der Waals surface area contributed by atoms with E-state index in [0.717, 1.165) is 0 Å². The summed E-state index contributed by atoms with van der Waals surface area (Å²) < 4.78 is 4.67. The van der Waals surface area contributed by atoms with E-state index in [1.54, 1.807) is 24.3 Å². The summed E-state index contributed by atoms with van der Waals surface area (Å²) in [6.45, 7) is 3.47. The van der Waals surface area contributed by atoms with Crippen molar-refractivity contribution in [1.82, 2.24) is 5.32 Å². The molecule has 0 fully saturated rings. The molecule has 4 nitrogen and oxygen atoms in total. The first-order valence-corrected chi connectivity index (χ1v) is 5.22. The predicted molar refractivity (Wildman–Crippen MR) is 64.2 cm³/mol. The summed E-state index contributed by atoms with van der Waals surface area (Å²) in [5.41, 5.74) is 0.691. The lowest BCUT2D eigenvalue weighted by atomic mass is 10.1. The lowest BCUT2D eigenvalue weighted by Gasteiger charge is -2.16. The molecule has 0 aliphatic rings. The number of ether oxygens (including phenoxy) is 1. The smallest absolute Gasteiger partial charge is 0.333 e. The van der Waals surface area contributed by atoms with Gasteiger partial charge in [-0.25, -0.2) is 4.79 Å². The van der Waals surface area contributed by atoms with Crippen LogP contribution >= 0.6 is 0 Å². The molecule has 0 saturated heterocycles. The highest BCUT2D eigenvalue weighted by molar-refractivity contribution is 5.86. The number of carbonyl (C=O) groups excluding carboxylic acids is 2. The Hall–Kier alpha value is -2.10. The molecule has 1 unspecified atom stereocenters. The number of rotatable bonds is 5. The van der Waals surface area contributed by atoms with Crippen LogP contribution in [0.1, 0.15) is 18.0 Å². The summed E-state index contributed by atoms with van der Waals surface area (Å²) in [6.07, 6.45) is 1.65. The van der Waals surface area contributed by atoms with Gasteiger partial charge in [-0.2, -0.15) is 0 Å². The second-order valence-corrected chi connectivity index (χ2v) is 3.43. The monoisotopic (exact) mass is 233 g/mol. The Labute approximate surface area is 100 Å². The van der Waals surface area contributed by atoms with Gasteiger partial charge in [0.25, 0.3) is 0 Å². The van der Waals surface area contributed by atoms with Crippen LogP contribution in [0.5, 0.6) is 0 Å². The van der Waals surface area contributed by atoms with Crippen molar-refractivity contribution in [3.05, 3.63) is 48.6 Å². The van der Waals surface area contributed by atoms with Crippen molar-refractivity contribution in [2.75, 3.05) is 7.11 Å². The van der Waals surface area contributed by atoms with Gasteiger partial charge in [-0.05, 0) is 5.56 Å². The van der Waals surface area contributed by atoms with Crippen LogP contribution in [0.2, 0.25) is 0 Å². The molecular weight excluding hydrogens is 218 g/mol. The van der Waals surface area contributed by atoms with E-state index >= 15 is 0 Å². The van der Waals surface area contributed by atoms with Gasteiger partial charge in [0.15, 0.2) is 6.04 Å². The van der Waals surface area contributed by atoms with E-state index < -0.39 is 12.0 Å². The van der Waals surface area contributed by atoms with Crippen LogP contribution in [0.25, 0.3) is 0 Å². The molecule has 0 aromatic heterocycles. The molecule has 1 amide bonds. The Morgan fingerprint density at radius 1 is 1.41 bits per heavy atom. The second-order valence-electron chi connectivity index (χ2n) is 3.43. The maximum atomic E-state index is 11.6. The van der Waals surface area contributed by atoms with E-state index in [4.69, 9.17) is 0 Å². The van der Waals surface area contributed by atoms with Gasteiger partial charge in [-0.1, -0.05) is 36.4 Å². The van der Waals surface area contributed by atoms with E-state index in [0.29, 0.717) is 5.56 Å². The minimum absolute atomic E-state index is 0.167. The lowest BCUT2D eigenvalue weighted by molar-refractivity contribution is -0.145. The largest absolute Gasteiger partial charge is 0.467 e. The molecule has 1 aromatic carbocycles. The van der Waals surface area contributed by atoms with Crippen molar-refractivity contribution in [3.63, 3.8) is 0 Å². The first-order valence-electron chi connectivity index (χ1n) is 5.22. The van der Waals surface area contributed by atoms with Crippen molar-refractivity contribution in [2.45, 2.75) is 12.5 Å². The zero-order chi connectivity index (χ0) is 12.7. The summed E-state index contributed by atoms with van der Waals surface area (Å²) in [5.74, 6) is -0.757. The quantitative estimate of drug-likeness (QED) is 0.620. The molecule has 1 rings (SSSR count). The van der Waals surface area contributed by atoms with Gasteiger partial charge in [0, 0.05) is 6.42 Å². The minimum Gasteiger partial charge on any atom is -0.467 e. The fourth-order valence-electron chi connectivity index (χ4n) is 1.39. The van der Waals surface area contributed by atoms with E-state index in [2.05, 4.69) is 16.6 Å². The number of hydrogen-bond donors (Lipinski definition) is 1. The van der Waals surface area contributed by atoms with Gasteiger partial charge in [0.1, 0.15) is 0 Å². The van der Waals surface area contributed by atoms with Crippen molar-refractivity contribution < 1.29 is 14.3 Å². The number of benzene rings is 1. The molecule has 90 valence electrons. The number of nitrogens with one attached hydrogen (secondary N) is 1. The molecule has 0 heterocycles. The zero-order valence-electron chi connectivity index (χ0n) is 9.68. The van der Waals surface area contributed by atoms with Crippen molar-refractivity contribution in [1.29, 1.82) is 0 Å². The van der Waals surface area contributed by atoms with Gasteiger partial charge >= 0.3 is 5.97 Å². The Morgan fingerprint density at radius 2 is 2.06 bits per heavy atom. The molecular formula is C13H15NO3.